The van der Waals surface area contributed by atoms with E-state index < -0.39 is 10.0 Å². The lowest BCUT2D eigenvalue weighted by Gasteiger charge is -2.09. The molecule has 24 heavy (non-hydrogen) atoms. The summed E-state index contributed by atoms with van der Waals surface area (Å²) in [6.07, 6.45) is -0.0376. The highest BCUT2D eigenvalue weighted by Gasteiger charge is 2.14. The fourth-order valence-electron chi connectivity index (χ4n) is 2.00. The van der Waals surface area contributed by atoms with E-state index in [0.717, 1.165) is 0 Å². The molecule has 0 saturated heterocycles. The topological polar surface area (TPSA) is 75.3 Å². The first-order valence-electron chi connectivity index (χ1n) is 7.09. The molecule has 0 heterocycles. The summed E-state index contributed by atoms with van der Waals surface area (Å²) >= 11 is 3.21. The Morgan fingerprint density at radius 1 is 1.21 bits per heavy atom. The number of benzene rings is 2. The van der Waals surface area contributed by atoms with Crippen LogP contribution in [0.4, 0.5) is 10.1 Å². The van der Waals surface area contributed by atoms with Crippen molar-refractivity contribution in [3.63, 3.8) is 0 Å². The van der Waals surface area contributed by atoms with Crippen molar-refractivity contribution in [3.8, 4) is 0 Å². The van der Waals surface area contributed by atoms with Crippen LogP contribution < -0.4 is 10.0 Å². The number of hydrogen-bond donors (Lipinski definition) is 2. The highest BCUT2D eigenvalue weighted by atomic mass is 79.9. The van der Waals surface area contributed by atoms with Gasteiger partial charge in [-0.2, -0.15) is 0 Å². The van der Waals surface area contributed by atoms with Gasteiger partial charge in [0.25, 0.3) is 0 Å². The average Bonchev–Trinajstić information content (AvgIpc) is 2.50. The second-order valence-electron chi connectivity index (χ2n) is 5.11. The molecular weight excluding hydrogens is 399 g/mol. The van der Waals surface area contributed by atoms with Gasteiger partial charge >= 0.3 is 0 Å². The molecular formula is C16H16BrFN2O3S. The van der Waals surface area contributed by atoms with Gasteiger partial charge in [0.1, 0.15) is 5.82 Å². The molecule has 0 saturated carbocycles. The van der Waals surface area contributed by atoms with Crippen molar-refractivity contribution < 1.29 is 17.6 Å². The first kappa shape index (κ1) is 18.6. The Morgan fingerprint density at radius 3 is 2.62 bits per heavy atom. The number of carbonyl (C=O) groups excluding carboxylic acids is 1. The maximum absolute atomic E-state index is 13.0. The van der Waals surface area contributed by atoms with Gasteiger partial charge in [-0.1, -0.05) is 22.0 Å². The number of nitrogens with one attached hydrogen (secondary N) is 2. The summed E-state index contributed by atoms with van der Waals surface area (Å²) in [6.45, 7) is 1.63. The minimum Gasteiger partial charge on any atom is -0.326 e. The van der Waals surface area contributed by atoms with Crippen LogP contribution in [0.3, 0.4) is 0 Å². The molecule has 0 radical (unpaired) electrons. The van der Waals surface area contributed by atoms with Crippen molar-refractivity contribution in [2.24, 2.45) is 0 Å². The molecule has 5 nitrogen and oxygen atoms in total. The van der Waals surface area contributed by atoms with Gasteiger partial charge < -0.3 is 5.32 Å². The quantitative estimate of drug-likeness (QED) is 0.761. The number of sulfonamides is 1. The van der Waals surface area contributed by atoms with E-state index in [1.807, 2.05) is 0 Å². The molecule has 0 atom stereocenters. The molecule has 2 aromatic rings. The van der Waals surface area contributed by atoms with E-state index in [1.54, 1.807) is 19.1 Å². The van der Waals surface area contributed by atoms with E-state index in [-0.39, 0.29) is 29.6 Å². The van der Waals surface area contributed by atoms with Crippen molar-refractivity contribution in [3.05, 3.63) is 58.3 Å². The number of aryl methyl sites for hydroxylation is 1. The Hall–Kier alpha value is -1.77. The van der Waals surface area contributed by atoms with E-state index in [2.05, 4.69) is 26.0 Å². The summed E-state index contributed by atoms with van der Waals surface area (Å²) in [4.78, 5) is 12.0. The zero-order valence-corrected chi connectivity index (χ0v) is 15.2. The maximum Gasteiger partial charge on any atom is 0.240 e. The highest BCUT2D eigenvalue weighted by molar-refractivity contribution is 9.10. The third-order valence-corrected chi connectivity index (χ3v) is 5.17. The van der Waals surface area contributed by atoms with E-state index >= 15 is 0 Å². The van der Waals surface area contributed by atoms with Gasteiger partial charge in [-0.05, 0) is 48.9 Å². The lowest BCUT2D eigenvalue weighted by molar-refractivity contribution is -0.116. The number of carbonyl (C=O) groups is 1. The summed E-state index contributed by atoms with van der Waals surface area (Å²) < 4.78 is 40.3. The monoisotopic (exact) mass is 414 g/mol. The lowest BCUT2D eigenvalue weighted by atomic mass is 10.2. The maximum atomic E-state index is 13.0. The minimum atomic E-state index is -3.67. The van der Waals surface area contributed by atoms with E-state index in [1.165, 1.54) is 30.3 Å². The molecule has 128 valence electrons. The molecule has 8 heteroatoms. The number of rotatable bonds is 6. The molecule has 0 fully saturated rings. The summed E-state index contributed by atoms with van der Waals surface area (Å²) in [5.41, 5.74) is 1.09. The van der Waals surface area contributed by atoms with Crippen LogP contribution in [0.25, 0.3) is 0 Å². The zero-order chi connectivity index (χ0) is 17.7. The molecule has 0 aliphatic rings. The second kappa shape index (κ2) is 7.87. The normalized spacial score (nSPS) is 11.3. The molecule has 0 aliphatic heterocycles. The van der Waals surface area contributed by atoms with Crippen molar-refractivity contribution in [2.45, 2.75) is 18.2 Å². The Morgan fingerprint density at radius 2 is 1.96 bits per heavy atom. The van der Waals surface area contributed by atoms with Crippen LogP contribution in [0.5, 0.6) is 0 Å². The molecule has 1 amide bonds. The summed E-state index contributed by atoms with van der Waals surface area (Å²) in [5.74, 6) is -0.742. The molecule has 2 rings (SSSR count). The standard InChI is InChI=1S/C16H16BrFN2O3S/c1-11-9-13(18)5-6-15(11)20-16(21)7-8-19-24(22,23)14-4-2-3-12(17)10-14/h2-6,9-10,19H,7-8H2,1H3,(H,20,21). The van der Waals surface area contributed by atoms with Crippen LogP contribution in [0.15, 0.2) is 51.8 Å². The van der Waals surface area contributed by atoms with E-state index in [0.29, 0.717) is 15.7 Å². The molecule has 2 N–H and O–H groups in total. The van der Waals surface area contributed by atoms with Crippen LogP contribution in [-0.2, 0) is 14.8 Å². The van der Waals surface area contributed by atoms with Crippen LogP contribution in [-0.4, -0.2) is 20.9 Å². The van der Waals surface area contributed by atoms with Crippen LogP contribution in [0, 0.1) is 12.7 Å². The summed E-state index contributed by atoms with van der Waals surface area (Å²) in [7, 11) is -3.67. The summed E-state index contributed by atoms with van der Waals surface area (Å²) in [6, 6.07) is 10.3. The second-order valence-corrected chi connectivity index (χ2v) is 7.80. The first-order valence-corrected chi connectivity index (χ1v) is 9.37. The van der Waals surface area contributed by atoms with Crippen LogP contribution in [0.1, 0.15) is 12.0 Å². The van der Waals surface area contributed by atoms with Gasteiger partial charge in [0.2, 0.25) is 15.9 Å². The Labute approximate surface area is 148 Å². The predicted octanol–water partition coefficient (Wildman–Crippen LogP) is 3.20. The molecule has 0 spiro atoms. The highest BCUT2D eigenvalue weighted by Crippen LogP contribution is 2.17. The van der Waals surface area contributed by atoms with Gasteiger partial charge in [-0.3, -0.25) is 4.79 Å². The SMILES string of the molecule is Cc1cc(F)ccc1NC(=O)CCNS(=O)(=O)c1cccc(Br)c1. The summed E-state index contributed by atoms with van der Waals surface area (Å²) in [5, 5.41) is 2.62. The van der Waals surface area contributed by atoms with Gasteiger partial charge in [-0.25, -0.2) is 17.5 Å². The first-order chi connectivity index (χ1) is 11.3. The van der Waals surface area contributed by atoms with E-state index in [9.17, 15) is 17.6 Å². The molecule has 0 bridgehead atoms. The fourth-order valence-corrected chi connectivity index (χ4v) is 3.62. The third-order valence-electron chi connectivity index (χ3n) is 3.21. The Balaban J connectivity index is 1.90. The molecule has 0 aliphatic carbocycles. The number of amides is 1. The van der Waals surface area contributed by atoms with Gasteiger partial charge in [-0.15, -0.1) is 0 Å². The van der Waals surface area contributed by atoms with Gasteiger partial charge in [0.05, 0.1) is 4.90 Å². The third kappa shape index (κ3) is 5.12. The van der Waals surface area contributed by atoms with Crippen molar-refractivity contribution >= 4 is 37.5 Å². The lowest BCUT2D eigenvalue weighted by Crippen LogP contribution is -2.28. The average molecular weight is 415 g/mol. The van der Waals surface area contributed by atoms with Gasteiger partial charge in [0.15, 0.2) is 0 Å². The smallest absolute Gasteiger partial charge is 0.240 e. The van der Waals surface area contributed by atoms with Crippen molar-refractivity contribution in [1.82, 2.24) is 4.72 Å². The molecule has 2 aromatic carbocycles. The molecule has 0 unspecified atom stereocenters. The van der Waals surface area contributed by atoms with Crippen molar-refractivity contribution in [1.29, 1.82) is 0 Å². The number of hydrogen-bond acceptors (Lipinski definition) is 3. The van der Waals surface area contributed by atoms with E-state index in [4.69, 9.17) is 0 Å². The number of anilines is 1. The van der Waals surface area contributed by atoms with Crippen LogP contribution in [0.2, 0.25) is 0 Å². The predicted molar refractivity (Wildman–Crippen MR) is 93.7 cm³/mol. The van der Waals surface area contributed by atoms with Crippen molar-refractivity contribution in [2.75, 3.05) is 11.9 Å². The molecule has 0 aromatic heterocycles. The Bertz CT molecular complexity index is 856. The largest absolute Gasteiger partial charge is 0.326 e. The minimum absolute atomic E-state index is 0.0376. The number of halogens is 2. The fraction of sp³-hybridized carbons (Fsp3) is 0.188. The zero-order valence-electron chi connectivity index (χ0n) is 12.8. The Kier molecular flexibility index (Phi) is 6.09. The van der Waals surface area contributed by atoms with Gasteiger partial charge in [0, 0.05) is 23.1 Å². The van der Waals surface area contributed by atoms with Crippen LogP contribution >= 0.6 is 15.9 Å².